The van der Waals surface area contributed by atoms with E-state index < -0.39 is 0 Å². The summed E-state index contributed by atoms with van der Waals surface area (Å²) in [7, 11) is 1.57. The van der Waals surface area contributed by atoms with Crippen LogP contribution in [0.3, 0.4) is 0 Å². The molecule has 1 heterocycles. The monoisotopic (exact) mass is 237 g/mol. The molecule has 0 saturated carbocycles. The number of carbonyl (C=O) groups is 1. The Balaban J connectivity index is 2.36. The van der Waals surface area contributed by atoms with Crippen LogP contribution in [0.25, 0.3) is 0 Å². The lowest BCUT2D eigenvalue weighted by molar-refractivity contribution is 0.237. The van der Waals surface area contributed by atoms with Gasteiger partial charge in [-0.3, -0.25) is 0 Å². The predicted molar refractivity (Wildman–Crippen MR) is 65.9 cm³/mol. The number of nitrogens with zero attached hydrogens (tertiary/aromatic N) is 1. The molecule has 0 fully saturated rings. The van der Waals surface area contributed by atoms with Crippen molar-refractivity contribution >= 4 is 6.03 Å². The highest BCUT2D eigenvalue weighted by molar-refractivity contribution is 5.74. The van der Waals surface area contributed by atoms with Crippen LogP contribution in [0.2, 0.25) is 0 Å². The zero-order valence-electron chi connectivity index (χ0n) is 10.5. The first-order valence-corrected chi connectivity index (χ1v) is 5.69. The first-order chi connectivity index (χ1) is 8.15. The van der Waals surface area contributed by atoms with E-state index in [-0.39, 0.29) is 12.1 Å². The highest BCUT2D eigenvalue weighted by atomic mass is 16.5. The van der Waals surface area contributed by atoms with E-state index in [4.69, 9.17) is 4.74 Å². The number of aromatic nitrogens is 1. The lowest BCUT2D eigenvalue weighted by Gasteiger charge is -2.12. The molecule has 0 aliphatic carbocycles. The van der Waals surface area contributed by atoms with E-state index in [1.165, 1.54) is 0 Å². The lowest BCUT2D eigenvalue weighted by Crippen LogP contribution is -2.40. The molecule has 1 rings (SSSR count). The Morgan fingerprint density at radius 3 is 2.82 bits per heavy atom. The molecule has 0 aliphatic heterocycles. The molecule has 5 nitrogen and oxygen atoms in total. The maximum absolute atomic E-state index is 11.4. The summed E-state index contributed by atoms with van der Waals surface area (Å²) in [5.74, 6) is 0.567. The molecule has 0 aliphatic rings. The van der Waals surface area contributed by atoms with Gasteiger partial charge in [-0.2, -0.15) is 0 Å². The van der Waals surface area contributed by atoms with Gasteiger partial charge in [0.2, 0.25) is 5.88 Å². The summed E-state index contributed by atoms with van der Waals surface area (Å²) >= 11 is 0. The van der Waals surface area contributed by atoms with Gasteiger partial charge < -0.3 is 15.4 Å². The third-order valence-corrected chi connectivity index (χ3v) is 2.45. The van der Waals surface area contributed by atoms with E-state index in [0.29, 0.717) is 12.4 Å². The zero-order chi connectivity index (χ0) is 12.7. The quantitative estimate of drug-likeness (QED) is 0.819. The normalized spacial score (nSPS) is 11.7. The van der Waals surface area contributed by atoms with Gasteiger partial charge in [0.15, 0.2) is 0 Å². The number of carbonyl (C=O) groups excluding carboxylic acids is 1. The molecule has 1 aromatic heterocycles. The van der Waals surface area contributed by atoms with Gasteiger partial charge in [0.25, 0.3) is 0 Å². The van der Waals surface area contributed by atoms with Crippen molar-refractivity contribution in [3.63, 3.8) is 0 Å². The van der Waals surface area contributed by atoms with Crippen molar-refractivity contribution in [1.29, 1.82) is 0 Å². The molecule has 1 unspecified atom stereocenters. The van der Waals surface area contributed by atoms with Gasteiger partial charge in [-0.1, -0.05) is 13.0 Å². The molecule has 94 valence electrons. The van der Waals surface area contributed by atoms with Crippen LogP contribution in [-0.4, -0.2) is 24.2 Å². The molecule has 0 aromatic carbocycles. The molecule has 17 heavy (non-hydrogen) atoms. The summed E-state index contributed by atoms with van der Waals surface area (Å²) in [6.07, 6.45) is 2.60. The van der Waals surface area contributed by atoms with E-state index >= 15 is 0 Å². The number of pyridine rings is 1. The van der Waals surface area contributed by atoms with Gasteiger partial charge in [-0.05, 0) is 18.9 Å². The van der Waals surface area contributed by atoms with Gasteiger partial charge in [0.05, 0.1) is 7.11 Å². The standard InChI is InChI=1S/C12H19N3O2/c1-4-9(2)15-12(16)14-8-10-5-6-11(17-3)13-7-10/h5-7,9H,4,8H2,1-3H3,(H2,14,15,16). The fraction of sp³-hybridized carbons (Fsp3) is 0.500. The number of amides is 2. The fourth-order valence-electron chi connectivity index (χ4n) is 1.20. The molecular weight excluding hydrogens is 218 g/mol. The molecule has 5 heteroatoms. The van der Waals surface area contributed by atoms with Crippen molar-refractivity contribution in [2.24, 2.45) is 0 Å². The van der Waals surface area contributed by atoms with Crippen LogP contribution in [-0.2, 0) is 6.54 Å². The van der Waals surface area contributed by atoms with Crippen LogP contribution in [0.15, 0.2) is 18.3 Å². The van der Waals surface area contributed by atoms with E-state index in [9.17, 15) is 4.79 Å². The van der Waals surface area contributed by atoms with Crippen molar-refractivity contribution in [3.05, 3.63) is 23.9 Å². The number of rotatable bonds is 5. The predicted octanol–water partition coefficient (Wildman–Crippen LogP) is 1.69. The Morgan fingerprint density at radius 2 is 2.29 bits per heavy atom. The molecule has 2 amide bonds. The van der Waals surface area contributed by atoms with E-state index in [1.54, 1.807) is 19.4 Å². The Kier molecular flexibility index (Phi) is 5.26. The van der Waals surface area contributed by atoms with Crippen molar-refractivity contribution in [3.8, 4) is 5.88 Å². The van der Waals surface area contributed by atoms with E-state index in [1.807, 2.05) is 19.9 Å². The highest BCUT2D eigenvalue weighted by Crippen LogP contribution is 2.05. The Bertz CT molecular complexity index is 351. The van der Waals surface area contributed by atoms with E-state index in [0.717, 1.165) is 12.0 Å². The minimum atomic E-state index is -0.157. The third kappa shape index (κ3) is 4.72. The average Bonchev–Trinajstić information content (AvgIpc) is 2.36. The Hall–Kier alpha value is -1.78. The summed E-state index contributed by atoms with van der Waals surface area (Å²) in [5.41, 5.74) is 0.935. The second-order valence-electron chi connectivity index (χ2n) is 3.85. The van der Waals surface area contributed by atoms with Crippen LogP contribution in [0.4, 0.5) is 4.79 Å². The van der Waals surface area contributed by atoms with Gasteiger partial charge in [-0.25, -0.2) is 9.78 Å². The van der Waals surface area contributed by atoms with Crippen LogP contribution < -0.4 is 15.4 Å². The smallest absolute Gasteiger partial charge is 0.315 e. The highest BCUT2D eigenvalue weighted by Gasteiger charge is 2.04. The van der Waals surface area contributed by atoms with Gasteiger partial charge >= 0.3 is 6.03 Å². The van der Waals surface area contributed by atoms with Crippen molar-refractivity contribution in [2.75, 3.05) is 7.11 Å². The maximum Gasteiger partial charge on any atom is 0.315 e. The van der Waals surface area contributed by atoms with Gasteiger partial charge in [0, 0.05) is 24.8 Å². The lowest BCUT2D eigenvalue weighted by atomic mass is 10.2. The number of urea groups is 1. The van der Waals surface area contributed by atoms with Crippen LogP contribution in [0, 0.1) is 0 Å². The summed E-state index contributed by atoms with van der Waals surface area (Å²) < 4.78 is 4.95. The second-order valence-corrected chi connectivity index (χ2v) is 3.85. The minimum absolute atomic E-state index is 0.157. The summed E-state index contributed by atoms with van der Waals surface area (Å²) in [6.45, 7) is 4.45. The Labute approximate surface area is 102 Å². The first-order valence-electron chi connectivity index (χ1n) is 5.69. The number of hydrogen-bond donors (Lipinski definition) is 2. The third-order valence-electron chi connectivity index (χ3n) is 2.45. The molecule has 1 aromatic rings. The molecule has 0 saturated heterocycles. The van der Waals surface area contributed by atoms with Crippen LogP contribution >= 0.6 is 0 Å². The SMILES string of the molecule is CCC(C)NC(=O)NCc1ccc(OC)nc1. The molecule has 0 radical (unpaired) electrons. The summed E-state index contributed by atoms with van der Waals surface area (Å²) in [6, 6.07) is 3.66. The first kappa shape index (κ1) is 13.3. The van der Waals surface area contributed by atoms with Gasteiger partial charge in [0.1, 0.15) is 0 Å². The topological polar surface area (TPSA) is 63.2 Å². The number of ether oxygens (including phenoxy) is 1. The molecule has 0 spiro atoms. The second kappa shape index (κ2) is 6.73. The van der Waals surface area contributed by atoms with Crippen molar-refractivity contribution in [1.82, 2.24) is 15.6 Å². The molecule has 1 atom stereocenters. The summed E-state index contributed by atoms with van der Waals surface area (Å²) in [5, 5.41) is 5.60. The summed E-state index contributed by atoms with van der Waals surface area (Å²) in [4.78, 5) is 15.5. The number of hydrogen-bond acceptors (Lipinski definition) is 3. The van der Waals surface area contributed by atoms with Crippen molar-refractivity contribution in [2.45, 2.75) is 32.9 Å². The molecule has 2 N–H and O–H groups in total. The zero-order valence-corrected chi connectivity index (χ0v) is 10.5. The minimum Gasteiger partial charge on any atom is -0.481 e. The number of nitrogens with one attached hydrogen (secondary N) is 2. The number of methoxy groups -OCH3 is 1. The van der Waals surface area contributed by atoms with Crippen LogP contribution in [0.5, 0.6) is 5.88 Å². The largest absolute Gasteiger partial charge is 0.481 e. The molecular formula is C12H19N3O2. The fourth-order valence-corrected chi connectivity index (χ4v) is 1.20. The maximum atomic E-state index is 11.4. The average molecular weight is 237 g/mol. The van der Waals surface area contributed by atoms with E-state index in [2.05, 4.69) is 15.6 Å². The van der Waals surface area contributed by atoms with Crippen molar-refractivity contribution < 1.29 is 9.53 Å². The Morgan fingerprint density at radius 1 is 1.53 bits per heavy atom. The molecule has 0 bridgehead atoms. The van der Waals surface area contributed by atoms with Gasteiger partial charge in [-0.15, -0.1) is 0 Å². The van der Waals surface area contributed by atoms with Crippen LogP contribution in [0.1, 0.15) is 25.8 Å².